The minimum atomic E-state index is 0.754. The lowest BCUT2D eigenvalue weighted by molar-refractivity contribution is 0.244. The predicted molar refractivity (Wildman–Crippen MR) is 144 cm³/mol. The number of pyridine rings is 4. The summed E-state index contributed by atoms with van der Waals surface area (Å²) < 4.78 is 0. The summed E-state index contributed by atoms with van der Waals surface area (Å²) >= 11 is 1.72. The van der Waals surface area contributed by atoms with Crippen molar-refractivity contribution < 1.29 is 0 Å². The van der Waals surface area contributed by atoms with Crippen molar-refractivity contribution in [1.82, 2.24) is 24.8 Å². The summed E-state index contributed by atoms with van der Waals surface area (Å²) in [5, 5.41) is 0. The average molecular weight is 488 g/mol. The monoisotopic (exact) mass is 487 g/mol. The van der Waals surface area contributed by atoms with E-state index in [9.17, 15) is 0 Å². The van der Waals surface area contributed by atoms with Crippen LogP contribution in [-0.2, 0) is 19.6 Å². The van der Waals surface area contributed by atoms with Crippen molar-refractivity contribution in [2.45, 2.75) is 26.6 Å². The van der Waals surface area contributed by atoms with E-state index in [4.69, 9.17) is 0 Å². The predicted octanol–water partition coefficient (Wildman–Crippen LogP) is 5.91. The van der Waals surface area contributed by atoms with Gasteiger partial charge in [-0.2, -0.15) is 0 Å². The van der Waals surface area contributed by atoms with Crippen LogP contribution in [0.2, 0.25) is 0 Å². The third kappa shape index (κ3) is 6.48. The largest absolute Gasteiger partial charge is 0.287 e. The van der Waals surface area contributed by atoms with Gasteiger partial charge in [0.05, 0.1) is 27.7 Å². The minimum Gasteiger partial charge on any atom is -0.287 e. The minimum absolute atomic E-state index is 0.754. The van der Waals surface area contributed by atoms with E-state index >= 15 is 0 Å². The highest BCUT2D eigenvalue weighted by Crippen LogP contribution is 2.20. The second kappa shape index (κ2) is 11.5. The van der Waals surface area contributed by atoms with E-state index in [-0.39, 0.29) is 0 Å². The maximum absolute atomic E-state index is 4.54. The van der Waals surface area contributed by atoms with Gasteiger partial charge in [-0.1, -0.05) is 30.0 Å². The maximum atomic E-state index is 4.54. The van der Waals surface area contributed by atoms with Crippen molar-refractivity contribution >= 4 is 11.3 Å². The standard InChI is InChI=1S/C30H25N5S/c1-23-8-14-29(33-18-23)30-15-10-24(19-34-30)9-11-27-12-13-28(36-27)22-35(20-25-6-2-4-16-31-25)21-26-7-3-5-17-32-26/h2-8,10,12-19H,20-22H2,1H3. The molecule has 0 saturated heterocycles. The van der Waals surface area contributed by atoms with Crippen LogP contribution in [0.25, 0.3) is 11.4 Å². The fourth-order valence-electron chi connectivity index (χ4n) is 3.73. The highest BCUT2D eigenvalue weighted by atomic mass is 32.1. The Labute approximate surface area is 215 Å². The molecule has 5 aromatic heterocycles. The molecule has 0 aliphatic heterocycles. The van der Waals surface area contributed by atoms with Gasteiger partial charge in [-0.05, 0) is 67.1 Å². The van der Waals surface area contributed by atoms with E-state index in [1.54, 1.807) is 17.5 Å². The van der Waals surface area contributed by atoms with E-state index in [2.05, 4.69) is 60.9 Å². The van der Waals surface area contributed by atoms with Crippen LogP contribution in [0.15, 0.2) is 97.6 Å². The van der Waals surface area contributed by atoms with Gasteiger partial charge in [0.2, 0.25) is 0 Å². The van der Waals surface area contributed by atoms with E-state index in [0.717, 1.165) is 58.4 Å². The number of hydrogen-bond acceptors (Lipinski definition) is 6. The first-order chi connectivity index (χ1) is 17.7. The number of nitrogens with zero attached hydrogens (tertiary/aromatic N) is 5. The van der Waals surface area contributed by atoms with Crippen molar-refractivity contribution in [3.8, 4) is 23.2 Å². The molecule has 176 valence electrons. The van der Waals surface area contributed by atoms with Crippen molar-refractivity contribution in [2.24, 2.45) is 0 Å². The third-order valence-electron chi connectivity index (χ3n) is 5.53. The van der Waals surface area contributed by atoms with Crippen molar-refractivity contribution in [3.05, 3.63) is 130 Å². The molecule has 0 saturated carbocycles. The fourth-order valence-corrected chi connectivity index (χ4v) is 4.64. The van der Waals surface area contributed by atoms with Crippen molar-refractivity contribution in [3.63, 3.8) is 0 Å². The molecule has 5 nitrogen and oxygen atoms in total. The van der Waals surface area contributed by atoms with E-state index in [1.165, 1.54) is 4.88 Å². The molecule has 0 bridgehead atoms. The number of aryl methyl sites for hydroxylation is 1. The Morgan fingerprint density at radius 1 is 0.667 bits per heavy atom. The second-order valence-electron chi connectivity index (χ2n) is 8.46. The first-order valence-corrected chi connectivity index (χ1v) is 12.5. The molecule has 0 atom stereocenters. The van der Waals surface area contributed by atoms with Crippen LogP contribution < -0.4 is 0 Å². The van der Waals surface area contributed by atoms with Crippen LogP contribution in [0.5, 0.6) is 0 Å². The summed E-state index contributed by atoms with van der Waals surface area (Å²) in [6.45, 7) is 4.34. The molecule has 0 aliphatic rings. The van der Waals surface area contributed by atoms with Crippen LogP contribution >= 0.6 is 11.3 Å². The van der Waals surface area contributed by atoms with Gasteiger partial charge in [-0.3, -0.25) is 24.8 Å². The van der Waals surface area contributed by atoms with Crippen molar-refractivity contribution in [2.75, 3.05) is 0 Å². The van der Waals surface area contributed by atoms with E-state index in [0.29, 0.717) is 0 Å². The summed E-state index contributed by atoms with van der Waals surface area (Å²) in [6, 6.07) is 24.3. The molecule has 0 fully saturated rings. The van der Waals surface area contributed by atoms with E-state index < -0.39 is 0 Å². The lowest BCUT2D eigenvalue weighted by atomic mass is 10.2. The van der Waals surface area contributed by atoms with Gasteiger partial charge in [-0.15, -0.1) is 11.3 Å². The summed E-state index contributed by atoms with van der Waals surface area (Å²) in [4.78, 5) is 22.6. The molecule has 0 amide bonds. The second-order valence-corrected chi connectivity index (χ2v) is 9.62. The lowest BCUT2D eigenvalue weighted by Gasteiger charge is -2.21. The Morgan fingerprint density at radius 3 is 1.94 bits per heavy atom. The zero-order valence-corrected chi connectivity index (χ0v) is 20.8. The summed E-state index contributed by atoms with van der Waals surface area (Å²) in [5.74, 6) is 6.53. The Morgan fingerprint density at radius 2 is 1.36 bits per heavy atom. The Hall–Kier alpha value is -4.18. The van der Waals surface area contributed by atoms with Gasteiger partial charge < -0.3 is 0 Å². The number of rotatable bonds is 7. The van der Waals surface area contributed by atoms with Gasteiger partial charge in [0, 0.05) is 54.9 Å². The van der Waals surface area contributed by atoms with Gasteiger partial charge >= 0.3 is 0 Å². The van der Waals surface area contributed by atoms with Crippen LogP contribution in [0.3, 0.4) is 0 Å². The molecule has 5 rings (SSSR count). The van der Waals surface area contributed by atoms with E-state index in [1.807, 2.05) is 74.0 Å². The molecule has 0 aliphatic carbocycles. The fraction of sp³-hybridized carbons (Fsp3) is 0.133. The quantitative estimate of drug-likeness (QED) is 0.267. The topological polar surface area (TPSA) is 54.8 Å². The molecule has 0 aromatic carbocycles. The molecule has 0 N–H and O–H groups in total. The van der Waals surface area contributed by atoms with Crippen LogP contribution in [-0.4, -0.2) is 24.8 Å². The summed E-state index contributed by atoms with van der Waals surface area (Å²) in [6.07, 6.45) is 7.34. The molecular weight excluding hydrogens is 462 g/mol. The number of hydrogen-bond donors (Lipinski definition) is 0. The number of thiophene rings is 1. The highest BCUT2D eigenvalue weighted by Gasteiger charge is 2.11. The molecule has 0 spiro atoms. The van der Waals surface area contributed by atoms with Gasteiger partial charge in [0.1, 0.15) is 0 Å². The van der Waals surface area contributed by atoms with Crippen LogP contribution in [0, 0.1) is 18.8 Å². The Balaban J connectivity index is 1.27. The zero-order valence-electron chi connectivity index (χ0n) is 20.0. The Kier molecular flexibility index (Phi) is 7.52. The first kappa shape index (κ1) is 23.6. The Bertz CT molecular complexity index is 1410. The molecule has 5 aromatic rings. The first-order valence-electron chi connectivity index (χ1n) is 11.7. The molecule has 36 heavy (non-hydrogen) atoms. The smallest absolute Gasteiger partial charge is 0.0887 e. The zero-order chi connectivity index (χ0) is 24.6. The highest BCUT2D eigenvalue weighted by molar-refractivity contribution is 7.12. The maximum Gasteiger partial charge on any atom is 0.0887 e. The van der Waals surface area contributed by atoms with Crippen molar-refractivity contribution in [1.29, 1.82) is 0 Å². The molecule has 6 heteroatoms. The molecule has 0 radical (unpaired) electrons. The molecule has 0 unspecified atom stereocenters. The van der Waals surface area contributed by atoms with Gasteiger partial charge in [0.25, 0.3) is 0 Å². The van der Waals surface area contributed by atoms with Crippen LogP contribution in [0.1, 0.15) is 32.3 Å². The molecular formula is C30H25N5S. The summed E-state index contributed by atoms with van der Waals surface area (Å²) in [7, 11) is 0. The summed E-state index contributed by atoms with van der Waals surface area (Å²) in [5.41, 5.74) is 5.81. The van der Waals surface area contributed by atoms with Crippen LogP contribution in [0.4, 0.5) is 0 Å². The average Bonchev–Trinajstić information content (AvgIpc) is 3.36. The van der Waals surface area contributed by atoms with Gasteiger partial charge in [0.15, 0.2) is 0 Å². The normalized spacial score (nSPS) is 10.7. The lowest BCUT2D eigenvalue weighted by Crippen LogP contribution is -2.23. The van der Waals surface area contributed by atoms with Gasteiger partial charge in [-0.25, -0.2) is 0 Å². The SMILES string of the molecule is Cc1ccc(-c2ccc(C#Cc3ccc(CN(Cc4ccccn4)Cc4ccccn4)s3)cn2)nc1. The third-order valence-corrected chi connectivity index (χ3v) is 6.52. The number of aromatic nitrogens is 4. The molecule has 5 heterocycles.